The van der Waals surface area contributed by atoms with Crippen molar-refractivity contribution in [2.24, 2.45) is 9.98 Å². The van der Waals surface area contributed by atoms with Gasteiger partial charge in [0.05, 0.1) is 9.85 Å². The molecule has 2 aliphatic rings. The number of ether oxygens (including phenoxy) is 2. The summed E-state index contributed by atoms with van der Waals surface area (Å²) in [6.07, 6.45) is -0.592. The highest BCUT2D eigenvalue weighted by molar-refractivity contribution is 7.81. The van der Waals surface area contributed by atoms with E-state index in [1.807, 2.05) is 0 Å². The zero-order valence-electron chi connectivity index (χ0n) is 25.1. The van der Waals surface area contributed by atoms with E-state index in [2.05, 4.69) is 27.9 Å². The van der Waals surface area contributed by atoms with E-state index in [4.69, 9.17) is 9.47 Å². The smallest absolute Gasteiger partial charge is 0.435 e. The summed E-state index contributed by atoms with van der Waals surface area (Å²) in [5.74, 6) is 0.501. The highest BCUT2D eigenvalue weighted by Crippen LogP contribution is 2.26. The number of hydrogen-bond donors (Lipinski definition) is 2. The first-order valence-corrected chi connectivity index (χ1v) is 14.8. The molecule has 46 heavy (non-hydrogen) atoms. The van der Waals surface area contributed by atoms with Gasteiger partial charge < -0.3 is 24.6 Å². The minimum Gasteiger partial charge on any atom is -0.443 e. The van der Waals surface area contributed by atoms with Crippen molar-refractivity contribution in [1.82, 2.24) is 15.1 Å². The van der Waals surface area contributed by atoms with Gasteiger partial charge in [-0.05, 0) is 62.1 Å². The molecular weight excluding hydrogens is 622 g/mol. The quantitative estimate of drug-likeness (QED) is 0.138. The van der Waals surface area contributed by atoms with Gasteiger partial charge in [0.25, 0.3) is 11.4 Å². The Labute approximate surface area is 269 Å². The molecule has 3 atom stereocenters. The van der Waals surface area contributed by atoms with Crippen LogP contribution in [0.15, 0.2) is 58.5 Å². The lowest BCUT2D eigenvalue weighted by molar-refractivity contribution is -0.385. The van der Waals surface area contributed by atoms with Gasteiger partial charge >= 0.3 is 12.2 Å². The molecule has 0 radical (unpaired) electrons. The highest BCUT2D eigenvalue weighted by atomic mass is 32.1. The number of nitro benzene ring substituents is 2. The van der Waals surface area contributed by atoms with Crippen molar-refractivity contribution in [2.75, 3.05) is 19.6 Å². The van der Waals surface area contributed by atoms with E-state index in [9.17, 15) is 34.6 Å². The molecule has 2 aliphatic heterocycles. The number of benzene rings is 2. The summed E-state index contributed by atoms with van der Waals surface area (Å²) in [4.78, 5) is 70.0. The third kappa shape index (κ3) is 9.23. The number of nitrogens with one attached hydrogen (secondary N) is 1. The van der Waals surface area contributed by atoms with E-state index in [-0.39, 0.29) is 41.8 Å². The maximum atomic E-state index is 13.5. The van der Waals surface area contributed by atoms with E-state index >= 15 is 0 Å². The van der Waals surface area contributed by atoms with Gasteiger partial charge in [-0.2, -0.15) is 22.6 Å². The Hall–Kier alpha value is -5.06. The second-order valence-electron chi connectivity index (χ2n) is 10.8. The maximum absolute atomic E-state index is 13.5. The number of thiol groups is 1. The van der Waals surface area contributed by atoms with Crippen LogP contribution in [0.5, 0.6) is 0 Å². The average Bonchev–Trinajstić information content (AvgIpc) is 3.65. The summed E-state index contributed by atoms with van der Waals surface area (Å²) < 4.78 is 10.3. The summed E-state index contributed by atoms with van der Waals surface area (Å²) in [6.45, 7) is 4.28. The van der Waals surface area contributed by atoms with Crippen LogP contribution in [0.1, 0.15) is 37.8 Å². The van der Waals surface area contributed by atoms with Gasteiger partial charge in [0.1, 0.15) is 30.9 Å². The fraction of sp³-hybridized carbons (Fsp3) is 0.414. The normalized spacial score (nSPS) is 19.9. The number of hydrogen-bond acceptors (Lipinski definition) is 10. The largest absolute Gasteiger partial charge is 0.443 e. The number of carbonyl (C=O) groups is 3. The van der Waals surface area contributed by atoms with Crippen molar-refractivity contribution in [1.29, 1.82) is 0 Å². The first-order valence-electron chi connectivity index (χ1n) is 14.3. The molecular formula is C29H33N7O9S. The molecule has 0 bridgehead atoms. The summed E-state index contributed by atoms with van der Waals surface area (Å²) in [6, 6.07) is 10.5. The molecule has 0 aliphatic carbocycles. The van der Waals surface area contributed by atoms with Gasteiger partial charge in [0.2, 0.25) is 5.91 Å². The Morgan fingerprint density at radius 1 is 0.891 bits per heavy atom. The Balaban J connectivity index is 1.26. The SMILES string of the molecule is CC(=NC(=O)OCc1ccc([N+](=O)[O-])cc1)N[C@H]1CCN(C(=O)[C@@H]2C[C@H](S)CN2C(C)=NC(=O)OCc2ccc([N+](=O)[O-])cc2)C1. The Morgan fingerprint density at radius 2 is 1.41 bits per heavy atom. The zero-order chi connectivity index (χ0) is 33.4. The monoisotopic (exact) mass is 655 g/mol. The highest BCUT2D eigenvalue weighted by Gasteiger charge is 2.40. The number of non-ortho nitro benzene ring substituents is 2. The average molecular weight is 656 g/mol. The van der Waals surface area contributed by atoms with Crippen molar-refractivity contribution in [3.63, 3.8) is 0 Å². The lowest BCUT2D eigenvalue weighted by atomic mass is 10.2. The molecule has 2 saturated heterocycles. The fourth-order valence-electron chi connectivity index (χ4n) is 5.14. The van der Waals surface area contributed by atoms with Crippen LogP contribution in [0, 0.1) is 20.2 Å². The predicted molar refractivity (Wildman–Crippen MR) is 169 cm³/mol. The molecule has 3 amide bonds. The Morgan fingerprint density at radius 3 is 1.93 bits per heavy atom. The van der Waals surface area contributed by atoms with Crippen LogP contribution in [-0.4, -0.2) is 86.4 Å². The molecule has 0 unspecified atom stereocenters. The van der Waals surface area contributed by atoms with Gasteiger partial charge in [-0.3, -0.25) is 25.0 Å². The minimum atomic E-state index is -0.851. The lowest BCUT2D eigenvalue weighted by Crippen LogP contribution is -2.47. The summed E-state index contributed by atoms with van der Waals surface area (Å²) >= 11 is 4.56. The van der Waals surface area contributed by atoms with E-state index in [1.54, 1.807) is 23.6 Å². The van der Waals surface area contributed by atoms with Gasteiger partial charge in [-0.15, -0.1) is 0 Å². The summed E-state index contributed by atoms with van der Waals surface area (Å²) in [7, 11) is 0. The number of nitro groups is 2. The zero-order valence-corrected chi connectivity index (χ0v) is 26.0. The second kappa shape index (κ2) is 15.3. The molecule has 2 heterocycles. The van der Waals surface area contributed by atoms with E-state index in [0.29, 0.717) is 55.3 Å². The van der Waals surface area contributed by atoms with Crippen LogP contribution in [0.2, 0.25) is 0 Å². The molecule has 2 aromatic carbocycles. The summed E-state index contributed by atoms with van der Waals surface area (Å²) in [5, 5.41) is 24.6. The number of rotatable bonds is 8. The molecule has 2 fully saturated rings. The van der Waals surface area contributed by atoms with E-state index in [1.165, 1.54) is 48.5 Å². The first kappa shape index (κ1) is 33.8. The number of amides is 3. The first-order chi connectivity index (χ1) is 21.9. The van der Waals surface area contributed by atoms with Crippen molar-refractivity contribution in [2.45, 2.75) is 57.2 Å². The standard InChI is InChI=1S/C29H33N7O9S/c1-18(31-28(38)44-16-20-3-7-23(8-4-20)35(40)41)30-22-11-12-33(14-22)27(37)26-13-25(46)15-34(26)19(2)32-29(39)45-17-21-5-9-24(10-6-21)36(42)43/h3-10,22,25-26,46H,11-17H2,1-2H3,(H,30,31,38)/t22-,25-,26-/m0/s1. The van der Waals surface area contributed by atoms with Crippen LogP contribution in [0.3, 0.4) is 0 Å². The van der Waals surface area contributed by atoms with Crippen LogP contribution in [0.25, 0.3) is 0 Å². The van der Waals surface area contributed by atoms with Crippen LogP contribution < -0.4 is 5.32 Å². The van der Waals surface area contributed by atoms with Crippen LogP contribution in [-0.2, 0) is 27.5 Å². The molecule has 244 valence electrons. The van der Waals surface area contributed by atoms with Gasteiger partial charge in [-0.1, -0.05) is 0 Å². The van der Waals surface area contributed by atoms with Crippen molar-refractivity contribution in [3.8, 4) is 0 Å². The molecule has 2 aromatic rings. The molecule has 17 heteroatoms. The summed E-state index contributed by atoms with van der Waals surface area (Å²) in [5.41, 5.74) is 1.00. The molecule has 1 N–H and O–H groups in total. The van der Waals surface area contributed by atoms with E-state index < -0.39 is 28.1 Å². The second-order valence-corrected chi connectivity index (χ2v) is 11.5. The number of carbonyl (C=O) groups excluding carboxylic acids is 3. The van der Waals surface area contributed by atoms with Gasteiger partial charge in [0.15, 0.2) is 0 Å². The van der Waals surface area contributed by atoms with Crippen LogP contribution >= 0.6 is 12.6 Å². The minimum absolute atomic E-state index is 0.0648. The molecule has 0 aromatic heterocycles. The van der Waals surface area contributed by atoms with E-state index in [0.717, 1.165) is 0 Å². The van der Waals surface area contributed by atoms with Crippen molar-refractivity contribution in [3.05, 3.63) is 79.9 Å². The molecule has 0 saturated carbocycles. The fourth-order valence-corrected chi connectivity index (χ4v) is 5.51. The maximum Gasteiger partial charge on any atom is 0.435 e. The van der Waals surface area contributed by atoms with Gasteiger partial charge in [0, 0.05) is 55.2 Å². The predicted octanol–water partition coefficient (Wildman–Crippen LogP) is 3.88. The third-order valence-corrected chi connectivity index (χ3v) is 7.80. The molecule has 16 nitrogen and oxygen atoms in total. The number of nitrogens with zero attached hydrogens (tertiary/aromatic N) is 6. The topological polar surface area (TPSA) is 199 Å². The molecule has 4 rings (SSSR count). The number of aliphatic imine (C=N–C) groups is 2. The van der Waals surface area contributed by atoms with Crippen molar-refractivity contribution >= 4 is 53.8 Å². The number of likely N-dealkylation sites (tertiary alicyclic amines) is 2. The van der Waals surface area contributed by atoms with Crippen molar-refractivity contribution < 1.29 is 33.7 Å². The third-order valence-electron chi connectivity index (χ3n) is 7.42. The Bertz CT molecular complexity index is 1530. The van der Waals surface area contributed by atoms with Crippen LogP contribution in [0.4, 0.5) is 21.0 Å². The number of amidine groups is 2. The lowest BCUT2D eigenvalue weighted by Gasteiger charge is -2.28. The molecule has 0 spiro atoms. The van der Waals surface area contributed by atoms with Gasteiger partial charge in [-0.25, -0.2) is 9.59 Å². The Kier molecular flexibility index (Phi) is 11.2.